The van der Waals surface area contributed by atoms with Crippen LogP contribution in [0, 0.1) is 5.41 Å². The van der Waals surface area contributed by atoms with Crippen LogP contribution < -0.4 is 21.3 Å². The van der Waals surface area contributed by atoms with Gasteiger partial charge in [0.1, 0.15) is 22.3 Å². The first-order valence-corrected chi connectivity index (χ1v) is 33.4. The highest BCUT2D eigenvalue weighted by atomic mass is 16.3. The standard InChI is InChI=1S/C89H65BN4O2/c1-52(88(2,3)4)21-20-44-93-75-38-36-56(89(5,6)7)49-73(75)90-74-46-54(58-25-12-11-24-57(58)53-22-9-8-10-23-53)45-70-83-76(39-37-65-61-28-14-13-26-59(61)60-27-15-16-29-62(60)82(65)83)94(85(70)74)78-48-55(47-77(93)84(78)90)81-63(66-32-18-34-68-71-50-91-42-40-79(71)95-86(66)68)30-17-31-64(81)67-33-19-35-69-72-51-92-43-41-80(72)96-87(67)69/h8-43,45-51H,1,44H2,2-7H3/b21-20-. The summed E-state index contributed by atoms with van der Waals surface area (Å²) in [6.45, 7) is 18.8. The van der Waals surface area contributed by atoms with Crippen LogP contribution >= 0.6 is 0 Å². The maximum absolute atomic E-state index is 7.01. The van der Waals surface area contributed by atoms with Crippen LogP contribution in [0.2, 0.25) is 0 Å². The molecular formula is C89H65BN4O2. The van der Waals surface area contributed by atoms with Crippen LogP contribution in [0.25, 0.3) is 159 Å². The number of aromatic nitrogens is 3. The lowest BCUT2D eigenvalue weighted by atomic mass is 9.33. The summed E-state index contributed by atoms with van der Waals surface area (Å²) in [6, 6.07) is 84.2. The minimum atomic E-state index is -0.191. The fourth-order valence-corrected chi connectivity index (χ4v) is 16.2. The minimum absolute atomic E-state index is 0.121. The maximum Gasteiger partial charge on any atom is 0.252 e. The Kier molecular flexibility index (Phi) is 12.1. The average Bonchev–Trinajstić information content (AvgIpc) is 1.45. The van der Waals surface area contributed by atoms with E-state index in [-0.39, 0.29) is 17.5 Å². The Morgan fingerprint density at radius 3 is 1.65 bits per heavy atom. The Balaban J connectivity index is 1.00. The first kappa shape index (κ1) is 56.0. The minimum Gasteiger partial charge on any atom is -0.455 e. The number of hydrogen-bond acceptors (Lipinski definition) is 5. The van der Waals surface area contributed by atoms with Crippen molar-refractivity contribution in [2.24, 2.45) is 5.41 Å². The Morgan fingerprint density at radius 1 is 0.448 bits per heavy atom. The molecule has 0 N–H and O–H groups in total. The lowest BCUT2D eigenvalue weighted by Crippen LogP contribution is -2.61. The van der Waals surface area contributed by atoms with Gasteiger partial charge in [0.05, 0.1) is 5.52 Å². The molecule has 0 unspecified atom stereocenters. The van der Waals surface area contributed by atoms with Crippen molar-refractivity contribution in [3.05, 3.63) is 279 Å². The van der Waals surface area contributed by atoms with E-state index in [9.17, 15) is 0 Å². The number of nitrogens with zero attached hydrogens (tertiary/aromatic N) is 4. The van der Waals surface area contributed by atoms with E-state index >= 15 is 0 Å². The van der Waals surface area contributed by atoms with Gasteiger partial charge in [-0.05, 0) is 147 Å². The van der Waals surface area contributed by atoms with Crippen molar-refractivity contribution in [3.8, 4) is 61.3 Å². The van der Waals surface area contributed by atoms with E-state index in [0.29, 0.717) is 6.54 Å². The van der Waals surface area contributed by atoms with Crippen molar-refractivity contribution in [1.82, 2.24) is 14.5 Å². The highest BCUT2D eigenvalue weighted by Crippen LogP contribution is 2.52. The molecule has 0 bridgehead atoms. The molecule has 2 aliphatic rings. The van der Waals surface area contributed by atoms with E-state index in [1.165, 1.54) is 98.5 Å². The van der Waals surface area contributed by atoms with Crippen molar-refractivity contribution >= 4 is 132 Å². The number of rotatable bonds is 8. The summed E-state index contributed by atoms with van der Waals surface area (Å²) in [6.07, 6.45) is 12.1. The summed E-state index contributed by atoms with van der Waals surface area (Å²) in [5, 5.41) is 13.9. The van der Waals surface area contributed by atoms with Gasteiger partial charge in [-0.25, -0.2) is 0 Å². The fraction of sp³-hybridized carbons (Fsp3) is 0.101. The molecule has 0 fully saturated rings. The zero-order valence-corrected chi connectivity index (χ0v) is 54.4. The summed E-state index contributed by atoms with van der Waals surface area (Å²) in [7, 11) is 0. The number of allylic oxidation sites excluding steroid dienone is 2. The van der Waals surface area contributed by atoms with Crippen LogP contribution in [-0.2, 0) is 5.41 Å². The molecule has 456 valence electrons. The van der Waals surface area contributed by atoms with Crippen LogP contribution in [0.4, 0.5) is 11.4 Å². The van der Waals surface area contributed by atoms with Crippen LogP contribution in [0.5, 0.6) is 0 Å². The fourth-order valence-electron chi connectivity index (χ4n) is 16.2. The summed E-state index contributed by atoms with van der Waals surface area (Å²) in [5.41, 5.74) is 25.9. The molecule has 0 aliphatic carbocycles. The monoisotopic (exact) mass is 1230 g/mol. The summed E-state index contributed by atoms with van der Waals surface area (Å²) in [4.78, 5) is 11.8. The number of fused-ring (bicyclic) bond motifs is 20. The smallest absolute Gasteiger partial charge is 0.252 e. The molecule has 7 heteroatoms. The molecule has 12 aromatic carbocycles. The zero-order chi connectivity index (χ0) is 64.5. The van der Waals surface area contributed by atoms with Crippen molar-refractivity contribution in [3.63, 3.8) is 0 Å². The quantitative estimate of drug-likeness (QED) is 0.0862. The normalized spacial score (nSPS) is 13.1. The third-order valence-electron chi connectivity index (χ3n) is 20.9. The molecule has 17 aromatic rings. The van der Waals surface area contributed by atoms with Crippen molar-refractivity contribution in [2.45, 2.75) is 47.0 Å². The SMILES string of the molecule is C=C(/C=C\CN1c2ccc(C(C)(C)C)cc2B2c3c1cc(-c1c(-c4cccc5c4oc4ccncc45)cccc1-c1cccc4c1oc1ccncc14)cc3-n1c3ccc4c5ccccc5c5ccccc5c4c3c3cc(-c4ccccc4-c4ccccc4)cc2c31)C(C)(C)C. The molecule has 7 heterocycles. The van der Waals surface area contributed by atoms with Gasteiger partial charge in [-0.15, -0.1) is 0 Å². The third-order valence-corrected chi connectivity index (χ3v) is 20.9. The lowest BCUT2D eigenvalue weighted by molar-refractivity contribution is 0.519. The lowest BCUT2D eigenvalue weighted by Gasteiger charge is -2.41. The van der Waals surface area contributed by atoms with E-state index < -0.39 is 0 Å². The van der Waals surface area contributed by atoms with Crippen LogP contribution in [0.3, 0.4) is 0 Å². The van der Waals surface area contributed by atoms with Gasteiger partial charge in [-0.3, -0.25) is 9.97 Å². The van der Waals surface area contributed by atoms with E-state index in [1.807, 2.05) is 36.9 Å². The molecule has 0 saturated heterocycles. The molecule has 0 amide bonds. The Bertz CT molecular complexity index is 6080. The molecule has 5 aromatic heterocycles. The Hall–Kier alpha value is -11.5. The molecule has 0 spiro atoms. The first-order chi connectivity index (χ1) is 46.8. The van der Waals surface area contributed by atoms with Crippen LogP contribution in [0.15, 0.2) is 282 Å². The molecule has 0 atom stereocenters. The van der Waals surface area contributed by atoms with Crippen molar-refractivity contribution in [2.75, 3.05) is 11.4 Å². The molecule has 2 aliphatic heterocycles. The highest BCUT2D eigenvalue weighted by Gasteiger charge is 2.43. The van der Waals surface area contributed by atoms with E-state index in [0.717, 1.165) is 99.7 Å². The Labute approximate surface area is 556 Å². The predicted molar refractivity (Wildman–Crippen MR) is 405 cm³/mol. The number of benzene rings is 12. The highest BCUT2D eigenvalue weighted by molar-refractivity contribution is 7.00. The maximum atomic E-state index is 7.01. The summed E-state index contributed by atoms with van der Waals surface area (Å²) in [5.74, 6) is 0. The van der Waals surface area contributed by atoms with E-state index in [4.69, 9.17) is 8.83 Å². The van der Waals surface area contributed by atoms with Gasteiger partial charge in [-0.2, -0.15) is 0 Å². The van der Waals surface area contributed by atoms with Gasteiger partial charge in [0.15, 0.2) is 0 Å². The van der Waals surface area contributed by atoms with E-state index in [1.54, 1.807) is 0 Å². The molecule has 19 rings (SSSR count). The largest absolute Gasteiger partial charge is 0.455 e. The molecule has 0 saturated carbocycles. The average molecular weight is 1230 g/mol. The van der Waals surface area contributed by atoms with Gasteiger partial charge in [-0.1, -0.05) is 248 Å². The topological polar surface area (TPSA) is 60.2 Å². The number of para-hydroxylation sites is 2. The molecule has 6 nitrogen and oxygen atoms in total. The second-order valence-corrected chi connectivity index (χ2v) is 28.4. The van der Waals surface area contributed by atoms with Gasteiger partial charge >= 0.3 is 0 Å². The van der Waals surface area contributed by atoms with Gasteiger partial charge in [0, 0.05) is 103 Å². The van der Waals surface area contributed by atoms with Gasteiger partial charge in [0.2, 0.25) is 0 Å². The third kappa shape index (κ3) is 8.26. The van der Waals surface area contributed by atoms with Gasteiger partial charge < -0.3 is 18.3 Å². The zero-order valence-electron chi connectivity index (χ0n) is 54.4. The van der Waals surface area contributed by atoms with E-state index in [2.05, 4.69) is 292 Å². The second-order valence-electron chi connectivity index (χ2n) is 28.4. The van der Waals surface area contributed by atoms with Crippen molar-refractivity contribution in [1.29, 1.82) is 0 Å². The van der Waals surface area contributed by atoms with Crippen LogP contribution in [-0.4, -0.2) is 27.8 Å². The number of anilines is 2. The molecule has 0 radical (unpaired) electrons. The van der Waals surface area contributed by atoms with Crippen molar-refractivity contribution < 1.29 is 8.83 Å². The molecule has 96 heavy (non-hydrogen) atoms. The number of pyridine rings is 2. The number of hydrogen-bond donors (Lipinski definition) is 0. The Morgan fingerprint density at radius 2 is 1.00 bits per heavy atom. The van der Waals surface area contributed by atoms with Gasteiger partial charge in [0.25, 0.3) is 6.71 Å². The summed E-state index contributed by atoms with van der Waals surface area (Å²) >= 11 is 0. The predicted octanol–water partition coefficient (Wildman–Crippen LogP) is 21.9. The first-order valence-electron chi connectivity index (χ1n) is 33.4. The van der Waals surface area contributed by atoms with Crippen LogP contribution in [0.1, 0.15) is 47.1 Å². The molecular weight excluding hydrogens is 1170 g/mol. The second kappa shape index (κ2) is 20.7. The number of furan rings is 2. The summed E-state index contributed by atoms with van der Waals surface area (Å²) < 4.78 is 16.7.